The highest BCUT2D eigenvalue weighted by Gasteiger charge is 2.34. The first kappa shape index (κ1) is 31.5. The summed E-state index contributed by atoms with van der Waals surface area (Å²) in [5, 5.41) is 2.96. The minimum absolute atomic E-state index is 0.00850. The summed E-state index contributed by atoms with van der Waals surface area (Å²) in [6.45, 7) is 7.02. The zero-order chi connectivity index (χ0) is 30.2. The van der Waals surface area contributed by atoms with E-state index in [1.54, 1.807) is 61.7 Å². The maximum absolute atomic E-state index is 14.1. The normalized spacial score (nSPS) is 12.2. The summed E-state index contributed by atoms with van der Waals surface area (Å²) >= 11 is 0. The van der Waals surface area contributed by atoms with E-state index in [0.717, 1.165) is 9.87 Å². The molecule has 0 bridgehead atoms. The molecule has 10 heteroatoms. The Morgan fingerprint density at radius 2 is 1.39 bits per heavy atom. The number of benzene rings is 3. The lowest BCUT2D eigenvalue weighted by atomic mass is 10.1. The van der Waals surface area contributed by atoms with Crippen LogP contribution >= 0.6 is 0 Å². The molecule has 1 atom stereocenters. The molecule has 0 aliphatic carbocycles. The largest absolute Gasteiger partial charge is 0.497 e. The van der Waals surface area contributed by atoms with E-state index < -0.39 is 34.1 Å². The summed E-state index contributed by atoms with van der Waals surface area (Å²) in [5.41, 5.74) is 0.575. The number of amides is 2. The average Bonchev–Trinajstić information content (AvgIpc) is 2.95. The van der Waals surface area contributed by atoms with Crippen LogP contribution in [0.1, 0.15) is 39.7 Å². The van der Waals surface area contributed by atoms with Gasteiger partial charge in [-0.05, 0) is 81.3 Å². The number of sulfonamides is 1. The summed E-state index contributed by atoms with van der Waals surface area (Å²) < 4.78 is 39.3. The number of hydrogen-bond acceptors (Lipinski definition) is 6. The molecule has 3 aromatic rings. The molecule has 1 unspecified atom stereocenters. The Labute approximate surface area is 243 Å². The van der Waals surface area contributed by atoms with Crippen LogP contribution in [0.2, 0.25) is 0 Å². The number of methoxy groups -OCH3 is 2. The first-order chi connectivity index (χ1) is 19.4. The van der Waals surface area contributed by atoms with Crippen molar-refractivity contribution in [2.75, 3.05) is 25.1 Å². The lowest BCUT2D eigenvalue weighted by Gasteiger charge is -2.34. The Bertz CT molecular complexity index is 1400. The first-order valence-corrected chi connectivity index (χ1v) is 14.8. The predicted octanol–water partition coefficient (Wildman–Crippen LogP) is 4.62. The number of anilines is 1. The Balaban J connectivity index is 2.04. The van der Waals surface area contributed by atoms with Crippen LogP contribution in [-0.2, 0) is 26.2 Å². The number of nitrogens with zero attached hydrogens (tertiary/aromatic N) is 2. The highest BCUT2D eigenvalue weighted by atomic mass is 32.2. The quantitative estimate of drug-likeness (QED) is 0.335. The molecule has 0 aliphatic rings. The zero-order valence-corrected chi connectivity index (χ0v) is 25.3. The molecule has 0 fully saturated rings. The van der Waals surface area contributed by atoms with Gasteiger partial charge in [0.2, 0.25) is 11.8 Å². The number of ether oxygens (including phenoxy) is 2. The molecule has 2 amide bonds. The van der Waals surface area contributed by atoms with Crippen molar-refractivity contribution < 1.29 is 27.5 Å². The molecule has 220 valence electrons. The zero-order valence-electron chi connectivity index (χ0n) is 24.5. The Kier molecular flexibility index (Phi) is 10.4. The fourth-order valence-corrected chi connectivity index (χ4v) is 5.71. The van der Waals surface area contributed by atoms with Crippen LogP contribution in [0.25, 0.3) is 0 Å². The van der Waals surface area contributed by atoms with E-state index in [9.17, 15) is 18.0 Å². The van der Waals surface area contributed by atoms with E-state index in [4.69, 9.17) is 9.47 Å². The molecule has 3 aromatic carbocycles. The van der Waals surface area contributed by atoms with E-state index in [1.165, 1.54) is 24.1 Å². The third-order valence-electron chi connectivity index (χ3n) is 6.37. The summed E-state index contributed by atoms with van der Waals surface area (Å²) in [6, 6.07) is 20.8. The molecule has 0 spiro atoms. The summed E-state index contributed by atoms with van der Waals surface area (Å²) in [6.07, 6.45) is 0.334. The molecule has 0 saturated heterocycles. The van der Waals surface area contributed by atoms with Gasteiger partial charge in [0, 0.05) is 12.1 Å². The van der Waals surface area contributed by atoms with Crippen molar-refractivity contribution in [2.24, 2.45) is 0 Å². The molecule has 41 heavy (non-hydrogen) atoms. The van der Waals surface area contributed by atoms with Crippen molar-refractivity contribution in [3.05, 3.63) is 84.4 Å². The second-order valence-electron chi connectivity index (χ2n) is 10.6. The van der Waals surface area contributed by atoms with Gasteiger partial charge in [0.05, 0.1) is 24.8 Å². The highest BCUT2D eigenvalue weighted by molar-refractivity contribution is 7.92. The van der Waals surface area contributed by atoms with Crippen LogP contribution in [0.3, 0.4) is 0 Å². The number of rotatable bonds is 12. The van der Waals surface area contributed by atoms with Crippen LogP contribution < -0.4 is 19.1 Å². The number of para-hydroxylation sites is 1. The van der Waals surface area contributed by atoms with Crippen LogP contribution in [0, 0.1) is 0 Å². The molecule has 9 nitrogen and oxygen atoms in total. The van der Waals surface area contributed by atoms with Gasteiger partial charge in [-0.15, -0.1) is 0 Å². The van der Waals surface area contributed by atoms with Gasteiger partial charge in [-0.25, -0.2) is 8.42 Å². The highest BCUT2D eigenvalue weighted by Crippen LogP contribution is 2.26. The molecule has 0 saturated carbocycles. The fraction of sp³-hybridized carbons (Fsp3) is 0.355. The minimum atomic E-state index is -4.16. The van der Waals surface area contributed by atoms with E-state index in [1.807, 2.05) is 39.8 Å². The van der Waals surface area contributed by atoms with Gasteiger partial charge in [-0.1, -0.05) is 37.3 Å². The van der Waals surface area contributed by atoms with Gasteiger partial charge < -0.3 is 19.7 Å². The van der Waals surface area contributed by atoms with Gasteiger partial charge in [0.1, 0.15) is 24.1 Å². The van der Waals surface area contributed by atoms with Gasteiger partial charge in [0.15, 0.2) is 0 Å². The molecule has 0 aliphatic heterocycles. The van der Waals surface area contributed by atoms with Gasteiger partial charge in [0.25, 0.3) is 10.0 Å². The maximum Gasteiger partial charge on any atom is 0.264 e. The standard InChI is InChI=1S/C31H39N3O6S/c1-7-28(30(36)32-31(2,3)4)33(21-23-13-15-25(39-5)16-14-23)29(35)22-34(24-11-9-8-10-12-24)41(37,38)27-19-17-26(40-6)18-20-27/h8-20,28H,7,21-22H2,1-6H3,(H,32,36). The van der Waals surface area contributed by atoms with Gasteiger partial charge in [-0.2, -0.15) is 0 Å². The molecule has 3 rings (SSSR count). The van der Waals surface area contributed by atoms with Crippen LogP contribution in [0.15, 0.2) is 83.8 Å². The smallest absolute Gasteiger partial charge is 0.264 e. The fourth-order valence-electron chi connectivity index (χ4n) is 4.30. The SMILES string of the molecule is CCC(C(=O)NC(C)(C)C)N(Cc1ccc(OC)cc1)C(=O)CN(c1ccccc1)S(=O)(=O)c1ccc(OC)cc1. The second-order valence-corrected chi connectivity index (χ2v) is 12.4. The summed E-state index contributed by atoms with van der Waals surface area (Å²) in [5.74, 6) is 0.335. The van der Waals surface area contributed by atoms with E-state index >= 15 is 0 Å². The number of hydrogen-bond donors (Lipinski definition) is 1. The molecule has 0 radical (unpaired) electrons. The van der Waals surface area contributed by atoms with Crippen molar-refractivity contribution in [2.45, 2.75) is 57.1 Å². The van der Waals surface area contributed by atoms with Crippen molar-refractivity contribution in [1.82, 2.24) is 10.2 Å². The number of nitrogens with one attached hydrogen (secondary N) is 1. The Morgan fingerprint density at radius 1 is 0.854 bits per heavy atom. The topological polar surface area (TPSA) is 105 Å². The summed E-state index contributed by atoms with van der Waals surface area (Å²) in [7, 11) is -1.10. The third-order valence-corrected chi connectivity index (χ3v) is 8.15. The van der Waals surface area contributed by atoms with Crippen LogP contribution in [-0.4, -0.2) is 57.5 Å². The monoisotopic (exact) mass is 581 g/mol. The number of carbonyl (C=O) groups excluding carboxylic acids is 2. The predicted molar refractivity (Wildman–Crippen MR) is 159 cm³/mol. The van der Waals surface area contributed by atoms with Crippen molar-refractivity contribution >= 4 is 27.5 Å². The van der Waals surface area contributed by atoms with Gasteiger partial charge in [-0.3, -0.25) is 13.9 Å². The van der Waals surface area contributed by atoms with Crippen LogP contribution in [0.4, 0.5) is 5.69 Å². The number of carbonyl (C=O) groups is 2. The van der Waals surface area contributed by atoms with Crippen LogP contribution in [0.5, 0.6) is 11.5 Å². The molecular formula is C31H39N3O6S. The van der Waals surface area contributed by atoms with E-state index in [-0.39, 0.29) is 17.3 Å². The first-order valence-electron chi connectivity index (χ1n) is 13.4. The Morgan fingerprint density at radius 3 is 1.88 bits per heavy atom. The molecule has 1 N–H and O–H groups in total. The molecule has 0 aromatic heterocycles. The third kappa shape index (κ3) is 8.23. The van der Waals surface area contributed by atoms with Crippen molar-refractivity contribution in [3.8, 4) is 11.5 Å². The van der Waals surface area contributed by atoms with Crippen molar-refractivity contribution in [1.29, 1.82) is 0 Å². The molecular weight excluding hydrogens is 542 g/mol. The average molecular weight is 582 g/mol. The lowest BCUT2D eigenvalue weighted by Crippen LogP contribution is -2.55. The second kappa shape index (κ2) is 13.5. The molecule has 0 heterocycles. The lowest BCUT2D eigenvalue weighted by molar-refractivity contribution is -0.141. The van der Waals surface area contributed by atoms with E-state index in [2.05, 4.69) is 5.32 Å². The van der Waals surface area contributed by atoms with E-state index in [0.29, 0.717) is 23.6 Å². The summed E-state index contributed by atoms with van der Waals surface area (Å²) in [4.78, 5) is 28.9. The van der Waals surface area contributed by atoms with Gasteiger partial charge >= 0.3 is 0 Å². The Hall–Kier alpha value is -4.05. The van der Waals surface area contributed by atoms with Crippen molar-refractivity contribution in [3.63, 3.8) is 0 Å². The maximum atomic E-state index is 14.1. The minimum Gasteiger partial charge on any atom is -0.497 e.